The Morgan fingerprint density at radius 2 is 2.09 bits per heavy atom. The van der Waals surface area contributed by atoms with E-state index in [9.17, 15) is 20.0 Å². The third kappa shape index (κ3) is 4.91. The van der Waals surface area contributed by atoms with E-state index >= 15 is 0 Å². The van der Waals surface area contributed by atoms with Crippen molar-refractivity contribution in [1.29, 1.82) is 5.26 Å². The predicted molar refractivity (Wildman–Crippen MR) is 125 cm³/mol. The number of rotatable bonds is 7. The predicted octanol–water partition coefficient (Wildman–Crippen LogP) is 3.32. The maximum atomic E-state index is 12.8. The second-order valence-electron chi connectivity index (χ2n) is 8.72. The van der Waals surface area contributed by atoms with Crippen LogP contribution < -0.4 is 10.1 Å². The summed E-state index contributed by atoms with van der Waals surface area (Å²) in [7, 11) is 0. The van der Waals surface area contributed by atoms with E-state index in [0.717, 1.165) is 16.7 Å². The Morgan fingerprint density at radius 3 is 2.79 bits per heavy atom. The van der Waals surface area contributed by atoms with Crippen molar-refractivity contribution < 1.29 is 24.2 Å². The number of benzene rings is 2. The highest BCUT2D eigenvalue weighted by Gasteiger charge is 2.29. The topological polar surface area (TPSA) is 112 Å². The van der Waals surface area contributed by atoms with Gasteiger partial charge in [0.25, 0.3) is 0 Å². The molecule has 4 rings (SSSR count). The Labute approximate surface area is 199 Å². The SMILES string of the molecule is CCOc1cc(NC(=O)C2CCN(C[C@H](O)c3ccc4c(c3C)COC4=O)CC2)ccc1C#N. The van der Waals surface area contributed by atoms with E-state index < -0.39 is 6.10 Å². The summed E-state index contributed by atoms with van der Waals surface area (Å²) in [6.07, 6.45) is 0.708. The van der Waals surface area contributed by atoms with Crippen molar-refractivity contribution in [2.45, 2.75) is 39.4 Å². The first-order valence-electron chi connectivity index (χ1n) is 11.6. The number of hydrogen-bond acceptors (Lipinski definition) is 7. The minimum Gasteiger partial charge on any atom is -0.492 e. The molecule has 178 valence electrons. The Balaban J connectivity index is 1.31. The highest BCUT2D eigenvalue weighted by atomic mass is 16.5. The maximum Gasteiger partial charge on any atom is 0.338 e. The van der Waals surface area contributed by atoms with Crippen LogP contribution in [0.2, 0.25) is 0 Å². The Hall–Kier alpha value is -3.41. The fourth-order valence-corrected chi connectivity index (χ4v) is 4.66. The van der Waals surface area contributed by atoms with Crippen molar-refractivity contribution in [2.75, 3.05) is 31.6 Å². The largest absolute Gasteiger partial charge is 0.492 e. The summed E-state index contributed by atoms with van der Waals surface area (Å²) >= 11 is 0. The van der Waals surface area contributed by atoms with Crippen molar-refractivity contribution in [3.05, 3.63) is 58.1 Å². The number of amides is 1. The third-order valence-corrected chi connectivity index (χ3v) is 6.63. The van der Waals surface area contributed by atoms with E-state index in [1.165, 1.54) is 0 Å². The van der Waals surface area contributed by atoms with Crippen molar-refractivity contribution >= 4 is 17.6 Å². The van der Waals surface area contributed by atoms with Gasteiger partial charge in [0.2, 0.25) is 5.91 Å². The van der Waals surface area contributed by atoms with Gasteiger partial charge >= 0.3 is 5.97 Å². The minimum absolute atomic E-state index is 0.0495. The summed E-state index contributed by atoms with van der Waals surface area (Å²) in [6.45, 7) is 6.33. The Morgan fingerprint density at radius 1 is 1.32 bits per heavy atom. The second-order valence-corrected chi connectivity index (χ2v) is 8.72. The summed E-state index contributed by atoms with van der Waals surface area (Å²) in [5.41, 5.74) is 4.19. The van der Waals surface area contributed by atoms with Crippen molar-refractivity contribution in [3.8, 4) is 11.8 Å². The van der Waals surface area contributed by atoms with Crippen LogP contribution in [-0.4, -0.2) is 48.1 Å². The molecule has 0 spiro atoms. The van der Waals surface area contributed by atoms with Crippen LogP contribution in [0, 0.1) is 24.2 Å². The Bertz CT molecular complexity index is 1130. The molecule has 2 N–H and O–H groups in total. The van der Waals surface area contributed by atoms with E-state index in [1.807, 2.05) is 13.8 Å². The molecule has 0 bridgehead atoms. The van der Waals surface area contributed by atoms with Crippen LogP contribution in [0.1, 0.15) is 58.5 Å². The third-order valence-electron chi connectivity index (χ3n) is 6.63. The fraction of sp³-hybridized carbons (Fsp3) is 0.423. The number of β-amino-alcohol motifs (C(OH)–C–C–N with tert-alkyl or cyclic N) is 1. The minimum atomic E-state index is -0.679. The van der Waals surface area contributed by atoms with Crippen LogP contribution in [0.15, 0.2) is 30.3 Å². The zero-order valence-electron chi connectivity index (χ0n) is 19.5. The van der Waals surface area contributed by atoms with E-state index in [-0.39, 0.29) is 24.4 Å². The lowest BCUT2D eigenvalue weighted by Gasteiger charge is -2.33. The number of hydrogen-bond donors (Lipinski definition) is 2. The number of aliphatic hydroxyl groups is 1. The first-order chi connectivity index (χ1) is 16.4. The van der Waals surface area contributed by atoms with Gasteiger partial charge < -0.3 is 24.8 Å². The molecule has 1 saturated heterocycles. The van der Waals surface area contributed by atoms with Crippen molar-refractivity contribution in [2.24, 2.45) is 5.92 Å². The molecule has 2 heterocycles. The molecule has 8 nitrogen and oxygen atoms in total. The van der Waals surface area contributed by atoms with Gasteiger partial charge in [0.1, 0.15) is 18.4 Å². The lowest BCUT2D eigenvalue weighted by atomic mass is 9.93. The zero-order valence-corrected chi connectivity index (χ0v) is 19.5. The summed E-state index contributed by atoms with van der Waals surface area (Å²) in [6, 6.07) is 10.7. The molecule has 2 aromatic carbocycles. The van der Waals surface area contributed by atoms with Crippen LogP contribution in [0.3, 0.4) is 0 Å². The maximum absolute atomic E-state index is 12.8. The number of ether oxygens (including phenoxy) is 2. The van der Waals surface area contributed by atoms with Gasteiger partial charge in [-0.05, 0) is 69.1 Å². The quantitative estimate of drug-likeness (QED) is 0.606. The highest BCUT2D eigenvalue weighted by Crippen LogP contribution is 2.30. The molecule has 34 heavy (non-hydrogen) atoms. The molecule has 0 aromatic heterocycles. The highest BCUT2D eigenvalue weighted by molar-refractivity contribution is 5.94. The van der Waals surface area contributed by atoms with Gasteiger partial charge in [-0.25, -0.2) is 4.79 Å². The van der Waals surface area contributed by atoms with E-state index in [4.69, 9.17) is 9.47 Å². The molecule has 8 heteroatoms. The number of fused-ring (bicyclic) bond motifs is 1. The summed E-state index contributed by atoms with van der Waals surface area (Å²) in [4.78, 5) is 26.7. The number of nitrogens with one attached hydrogen (secondary N) is 1. The molecule has 0 aliphatic carbocycles. The monoisotopic (exact) mass is 463 g/mol. The van der Waals surface area contributed by atoms with Gasteiger partial charge in [0.05, 0.1) is 23.8 Å². The van der Waals surface area contributed by atoms with Crippen molar-refractivity contribution in [1.82, 2.24) is 4.90 Å². The fourth-order valence-electron chi connectivity index (χ4n) is 4.66. The van der Waals surface area contributed by atoms with Crippen LogP contribution in [0.5, 0.6) is 5.75 Å². The van der Waals surface area contributed by atoms with Gasteiger partial charge in [-0.3, -0.25) is 4.79 Å². The van der Waals surface area contributed by atoms with Crippen LogP contribution in [0.25, 0.3) is 0 Å². The molecule has 2 aromatic rings. The summed E-state index contributed by atoms with van der Waals surface area (Å²) in [5, 5.41) is 23.0. The molecule has 1 fully saturated rings. The smallest absolute Gasteiger partial charge is 0.338 e. The number of cyclic esters (lactones) is 1. The molecular weight excluding hydrogens is 434 g/mol. The average molecular weight is 464 g/mol. The summed E-state index contributed by atoms with van der Waals surface area (Å²) < 4.78 is 10.6. The Kier molecular flexibility index (Phi) is 7.15. The molecule has 1 atom stereocenters. The van der Waals surface area contributed by atoms with E-state index in [1.54, 1.807) is 30.3 Å². The van der Waals surface area contributed by atoms with Gasteiger partial charge in [0.15, 0.2) is 0 Å². The molecule has 2 aliphatic rings. The van der Waals surface area contributed by atoms with Gasteiger partial charge in [-0.2, -0.15) is 5.26 Å². The lowest BCUT2D eigenvalue weighted by molar-refractivity contribution is -0.121. The number of carbonyl (C=O) groups is 2. The van der Waals surface area contributed by atoms with Crippen LogP contribution >= 0.6 is 0 Å². The van der Waals surface area contributed by atoms with Crippen LogP contribution in [-0.2, 0) is 16.1 Å². The van der Waals surface area contributed by atoms with Crippen LogP contribution in [0.4, 0.5) is 5.69 Å². The van der Waals surface area contributed by atoms with Gasteiger partial charge in [0, 0.05) is 29.8 Å². The zero-order chi connectivity index (χ0) is 24.2. The number of nitrogens with zero attached hydrogens (tertiary/aromatic N) is 2. The van der Waals surface area contributed by atoms with Gasteiger partial charge in [-0.15, -0.1) is 0 Å². The molecule has 0 unspecified atom stereocenters. The number of piperidine rings is 1. The van der Waals surface area contributed by atoms with E-state index in [0.29, 0.717) is 61.6 Å². The first kappa shape index (κ1) is 23.7. The number of anilines is 1. The lowest BCUT2D eigenvalue weighted by Crippen LogP contribution is -2.40. The summed E-state index contributed by atoms with van der Waals surface area (Å²) in [5.74, 6) is -0.0186. The normalized spacial score (nSPS) is 16.9. The number of carbonyl (C=O) groups excluding carboxylic acids is 2. The molecule has 1 amide bonds. The number of likely N-dealkylation sites (tertiary alicyclic amines) is 1. The average Bonchev–Trinajstić information content (AvgIpc) is 3.21. The molecule has 0 radical (unpaired) electrons. The van der Waals surface area contributed by atoms with Gasteiger partial charge in [-0.1, -0.05) is 6.07 Å². The first-order valence-corrected chi connectivity index (χ1v) is 11.6. The number of aliphatic hydroxyl groups excluding tert-OH is 1. The molecule has 2 aliphatic heterocycles. The molecular formula is C26H29N3O5. The number of esters is 1. The second kappa shape index (κ2) is 10.2. The number of nitriles is 1. The standard InChI is InChI=1S/C26H29N3O5/c1-3-33-24-12-19(5-4-18(24)13-27)28-25(31)17-8-10-29(11-9-17)14-23(30)20-6-7-21-22(16(20)2)15-34-26(21)32/h4-7,12,17,23,30H,3,8-11,14-15H2,1-2H3,(H,28,31)/t23-/m0/s1. The molecule has 0 saturated carbocycles. The van der Waals surface area contributed by atoms with E-state index in [2.05, 4.69) is 16.3 Å². The van der Waals surface area contributed by atoms with Crippen molar-refractivity contribution in [3.63, 3.8) is 0 Å².